The summed E-state index contributed by atoms with van der Waals surface area (Å²) in [6, 6.07) is 3.74. The quantitative estimate of drug-likeness (QED) is 0.582. The Hall–Kier alpha value is -1.66. The molecule has 0 amide bonds. The molecule has 0 bridgehead atoms. The van der Waals surface area contributed by atoms with E-state index < -0.39 is 0 Å². The standard InChI is InChI=1S/C13H18Cl2N6/c1-3-16-13(17-7-9-4-5-19-20-9)18-8-10-6-11(14)12(15)21(10)2/h4-6H,3,7-8H2,1-2H3,(H,19,20)(H2,16,17,18). The fraction of sp³-hybridized carbons (Fsp3) is 0.385. The van der Waals surface area contributed by atoms with Gasteiger partial charge in [0.25, 0.3) is 0 Å². The topological polar surface area (TPSA) is 70.0 Å². The number of guanidine groups is 1. The Morgan fingerprint density at radius 1 is 1.43 bits per heavy atom. The summed E-state index contributed by atoms with van der Waals surface area (Å²) in [5.74, 6) is 0.723. The number of nitrogens with zero attached hydrogens (tertiary/aromatic N) is 3. The van der Waals surface area contributed by atoms with Crippen molar-refractivity contribution in [3.8, 4) is 0 Å². The summed E-state index contributed by atoms with van der Waals surface area (Å²) in [5, 5.41) is 14.3. The van der Waals surface area contributed by atoms with E-state index in [0.717, 1.165) is 23.9 Å². The van der Waals surface area contributed by atoms with Crippen molar-refractivity contribution in [1.82, 2.24) is 25.4 Å². The number of aliphatic imine (C=N–C) groups is 1. The second-order valence-electron chi connectivity index (χ2n) is 4.46. The second-order valence-corrected chi connectivity index (χ2v) is 5.23. The molecule has 0 aromatic carbocycles. The predicted molar refractivity (Wildman–Crippen MR) is 85.7 cm³/mol. The van der Waals surface area contributed by atoms with Gasteiger partial charge in [0.05, 0.1) is 23.8 Å². The van der Waals surface area contributed by atoms with Gasteiger partial charge in [0.15, 0.2) is 5.96 Å². The fourth-order valence-corrected chi connectivity index (χ4v) is 2.23. The number of hydrogen-bond acceptors (Lipinski definition) is 2. The molecular formula is C13H18Cl2N6. The van der Waals surface area contributed by atoms with Gasteiger partial charge in [-0.2, -0.15) is 5.10 Å². The van der Waals surface area contributed by atoms with E-state index in [-0.39, 0.29) is 0 Å². The van der Waals surface area contributed by atoms with Crippen molar-refractivity contribution in [2.24, 2.45) is 12.0 Å². The molecule has 2 aromatic heterocycles. The molecule has 0 saturated carbocycles. The Kier molecular flexibility index (Phi) is 5.52. The number of halogens is 2. The Bertz CT molecular complexity index is 602. The molecule has 0 saturated heterocycles. The largest absolute Gasteiger partial charge is 0.357 e. The van der Waals surface area contributed by atoms with E-state index in [9.17, 15) is 0 Å². The van der Waals surface area contributed by atoms with Crippen molar-refractivity contribution < 1.29 is 0 Å². The van der Waals surface area contributed by atoms with Crippen LogP contribution in [0.2, 0.25) is 10.2 Å². The van der Waals surface area contributed by atoms with E-state index in [1.54, 1.807) is 6.20 Å². The third kappa shape index (κ3) is 4.15. The first-order chi connectivity index (χ1) is 10.1. The summed E-state index contributed by atoms with van der Waals surface area (Å²) >= 11 is 12.1. The van der Waals surface area contributed by atoms with E-state index in [4.69, 9.17) is 23.2 Å². The molecule has 0 atom stereocenters. The lowest BCUT2D eigenvalue weighted by molar-refractivity contribution is 0.750. The van der Waals surface area contributed by atoms with Gasteiger partial charge in [-0.15, -0.1) is 0 Å². The van der Waals surface area contributed by atoms with Crippen molar-refractivity contribution in [3.05, 3.63) is 39.9 Å². The first kappa shape index (κ1) is 15.7. The lowest BCUT2D eigenvalue weighted by Crippen LogP contribution is -2.37. The second kappa shape index (κ2) is 7.38. The minimum Gasteiger partial charge on any atom is -0.357 e. The Morgan fingerprint density at radius 2 is 2.24 bits per heavy atom. The highest BCUT2D eigenvalue weighted by molar-refractivity contribution is 6.41. The summed E-state index contributed by atoms with van der Waals surface area (Å²) in [6.07, 6.45) is 1.71. The van der Waals surface area contributed by atoms with Crippen molar-refractivity contribution >= 4 is 29.2 Å². The molecule has 2 rings (SSSR count). The zero-order valence-electron chi connectivity index (χ0n) is 12.0. The van der Waals surface area contributed by atoms with Crippen LogP contribution in [0.25, 0.3) is 0 Å². The van der Waals surface area contributed by atoms with Crippen LogP contribution < -0.4 is 10.6 Å². The summed E-state index contributed by atoms with van der Waals surface area (Å²) in [7, 11) is 1.87. The van der Waals surface area contributed by atoms with E-state index in [1.807, 2.05) is 30.7 Å². The van der Waals surface area contributed by atoms with Gasteiger partial charge in [-0.3, -0.25) is 5.10 Å². The molecule has 2 aromatic rings. The van der Waals surface area contributed by atoms with Crippen molar-refractivity contribution in [3.63, 3.8) is 0 Å². The van der Waals surface area contributed by atoms with Gasteiger partial charge in [-0.05, 0) is 19.1 Å². The lowest BCUT2D eigenvalue weighted by Gasteiger charge is -2.11. The highest BCUT2D eigenvalue weighted by atomic mass is 35.5. The normalized spacial score (nSPS) is 11.7. The van der Waals surface area contributed by atoms with Crippen LogP contribution in [0, 0.1) is 0 Å². The highest BCUT2D eigenvalue weighted by Crippen LogP contribution is 2.24. The van der Waals surface area contributed by atoms with E-state index in [2.05, 4.69) is 25.8 Å². The van der Waals surface area contributed by atoms with Gasteiger partial charge in [0, 0.05) is 25.5 Å². The Labute approximate surface area is 133 Å². The number of H-pyrrole nitrogens is 1. The number of aromatic amines is 1. The third-order valence-corrected chi connectivity index (χ3v) is 3.80. The van der Waals surface area contributed by atoms with Gasteiger partial charge in [-0.25, -0.2) is 4.99 Å². The number of rotatable bonds is 5. The molecule has 6 nitrogen and oxygen atoms in total. The van der Waals surface area contributed by atoms with Crippen molar-refractivity contribution in [1.29, 1.82) is 0 Å². The lowest BCUT2D eigenvalue weighted by atomic mass is 10.4. The molecule has 0 spiro atoms. The average molecular weight is 329 g/mol. The molecule has 0 unspecified atom stereocenters. The maximum atomic E-state index is 6.05. The van der Waals surface area contributed by atoms with Crippen LogP contribution in [-0.4, -0.2) is 27.3 Å². The van der Waals surface area contributed by atoms with E-state index in [1.165, 1.54) is 0 Å². The minimum absolute atomic E-state index is 0.532. The summed E-state index contributed by atoms with van der Waals surface area (Å²) < 4.78 is 1.84. The van der Waals surface area contributed by atoms with Crippen LogP contribution in [0.15, 0.2) is 23.3 Å². The number of hydrogen-bond donors (Lipinski definition) is 3. The monoisotopic (exact) mass is 328 g/mol. The van der Waals surface area contributed by atoms with Gasteiger partial charge < -0.3 is 15.2 Å². The van der Waals surface area contributed by atoms with Gasteiger partial charge in [0.1, 0.15) is 5.15 Å². The molecular weight excluding hydrogens is 311 g/mol. The van der Waals surface area contributed by atoms with Crippen LogP contribution in [0.1, 0.15) is 18.3 Å². The maximum absolute atomic E-state index is 6.05. The Balaban J connectivity index is 1.99. The van der Waals surface area contributed by atoms with Gasteiger partial charge >= 0.3 is 0 Å². The molecule has 0 aliphatic rings. The Morgan fingerprint density at radius 3 is 2.81 bits per heavy atom. The van der Waals surface area contributed by atoms with E-state index >= 15 is 0 Å². The molecule has 0 aliphatic heterocycles. The molecule has 21 heavy (non-hydrogen) atoms. The molecule has 3 N–H and O–H groups in total. The SMILES string of the molecule is CCNC(=NCc1ccn[nH]1)NCc1cc(Cl)c(Cl)n1C. The van der Waals surface area contributed by atoms with Crippen LogP contribution in [0.4, 0.5) is 0 Å². The summed E-state index contributed by atoms with van der Waals surface area (Å²) in [6.45, 7) is 3.91. The summed E-state index contributed by atoms with van der Waals surface area (Å²) in [4.78, 5) is 4.48. The summed E-state index contributed by atoms with van der Waals surface area (Å²) in [5.41, 5.74) is 1.94. The highest BCUT2D eigenvalue weighted by Gasteiger charge is 2.09. The van der Waals surface area contributed by atoms with Crippen molar-refractivity contribution in [2.75, 3.05) is 6.54 Å². The first-order valence-electron chi connectivity index (χ1n) is 6.61. The van der Waals surface area contributed by atoms with Gasteiger partial charge in [0.2, 0.25) is 0 Å². The molecule has 114 valence electrons. The fourth-order valence-electron chi connectivity index (χ4n) is 1.81. The minimum atomic E-state index is 0.532. The van der Waals surface area contributed by atoms with Crippen LogP contribution in [-0.2, 0) is 20.1 Å². The third-order valence-electron chi connectivity index (χ3n) is 2.96. The zero-order valence-corrected chi connectivity index (χ0v) is 13.5. The van der Waals surface area contributed by atoms with Crippen LogP contribution >= 0.6 is 23.2 Å². The predicted octanol–water partition coefficient (Wildman–Crippen LogP) is 2.31. The van der Waals surface area contributed by atoms with Crippen LogP contribution in [0.3, 0.4) is 0 Å². The average Bonchev–Trinajstić information content (AvgIpc) is 3.07. The number of aromatic nitrogens is 3. The molecule has 0 radical (unpaired) electrons. The smallest absolute Gasteiger partial charge is 0.191 e. The van der Waals surface area contributed by atoms with Crippen LogP contribution in [0.5, 0.6) is 0 Å². The van der Waals surface area contributed by atoms with Gasteiger partial charge in [-0.1, -0.05) is 23.2 Å². The maximum Gasteiger partial charge on any atom is 0.191 e. The molecule has 0 aliphatic carbocycles. The number of nitrogens with one attached hydrogen (secondary N) is 3. The van der Waals surface area contributed by atoms with Crippen molar-refractivity contribution in [2.45, 2.75) is 20.0 Å². The molecule has 8 heteroatoms. The first-order valence-corrected chi connectivity index (χ1v) is 7.37. The zero-order chi connectivity index (χ0) is 15.2. The molecule has 0 fully saturated rings. The van der Waals surface area contributed by atoms with E-state index in [0.29, 0.717) is 23.3 Å². The molecule has 2 heterocycles.